The van der Waals surface area contributed by atoms with Crippen molar-refractivity contribution in [3.63, 3.8) is 0 Å². The van der Waals surface area contributed by atoms with E-state index in [1.54, 1.807) is 29.3 Å². The average molecular weight is 867 g/mol. The van der Waals surface area contributed by atoms with E-state index in [1.165, 1.54) is 7.11 Å². The second-order valence-corrected chi connectivity index (χ2v) is 17.4. The molecular formula is C50H58N8O6. The summed E-state index contributed by atoms with van der Waals surface area (Å²) >= 11 is 0. The lowest BCUT2D eigenvalue weighted by Crippen LogP contribution is -2.52. The highest BCUT2D eigenvalue weighted by Crippen LogP contribution is 2.43. The number of carbonyl (C=O) groups excluding carboxylic acids is 4. The number of amides is 4. The van der Waals surface area contributed by atoms with Crippen molar-refractivity contribution >= 4 is 23.8 Å². The van der Waals surface area contributed by atoms with Crippen molar-refractivity contribution in [2.24, 2.45) is 29.6 Å². The normalized spacial score (nSPS) is 18.0. The van der Waals surface area contributed by atoms with Gasteiger partial charge in [0.1, 0.15) is 23.7 Å². The minimum Gasteiger partial charge on any atom is -0.453 e. The first kappa shape index (κ1) is 45.3. The van der Waals surface area contributed by atoms with E-state index in [9.17, 15) is 19.2 Å². The molecule has 0 saturated heterocycles. The van der Waals surface area contributed by atoms with Crippen molar-refractivity contribution in [3.05, 3.63) is 108 Å². The fourth-order valence-electron chi connectivity index (χ4n) is 8.25. The molecule has 4 N–H and O–H groups in total. The SMILES string of the molecule is C#CC1C(C)C1N(Cc1ncc(-c2ccc(-c3ccc(-c4cnc(CN(CC(C)COC)C(=O)C(NC(=O)C5CC5)c5ccccc5)[nH]4)cc3)cc2)[nH]1)C(=O)C(NC(=O)OC)C(C)C. The van der Waals surface area contributed by atoms with E-state index in [4.69, 9.17) is 15.9 Å². The van der Waals surface area contributed by atoms with Gasteiger partial charge in [0.25, 0.3) is 0 Å². The van der Waals surface area contributed by atoms with Gasteiger partial charge in [-0.05, 0) is 58.4 Å². The molecule has 7 rings (SSSR count). The highest BCUT2D eigenvalue weighted by molar-refractivity contribution is 5.90. The Morgan fingerprint density at radius 2 is 1.36 bits per heavy atom. The van der Waals surface area contributed by atoms with Crippen LogP contribution in [0.5, 0.6) is 0 Å². The van der Waals surface area contributed by atoms with Crippen LogP contribution < -0.4 is 10.6 Å². The first-order valence-corrected chi connectivity index (χ1v) is 21.9. The molecule has 2 aliphatic carbocycles. The van der Waals surface area contributed by atoms with Crippen LogP contribution in [0.2, 0.25) is 0 Å². The van der Waals surface area contributed by atoms with Crippen LogP contribution >= 0.6 is 0 Å². The van der Waals surface area contributed by atoms with Crippen LogP contribution in [0.4, 0.5) is 4.79 Å². The molecule has 14 heteroatoms. The minimum absolute atomic E-state index is 0.0407. The zero-order chi connectivity index (χ0) is 45.5. The van der Waals surface area contributed by atoms with E-state index < -0.39 is 18.2 Å². The largest absolute Gasteiger partial charge is 0.453 e. The zero-order valence-corrected chi connectivity index (χ0v) is 37.3. The van der Waals surface area contributed by atoms with Crippen LogP contribution in [-0.2, 0) is 36.9 Å². The zero-order valence-electron chi connectivity index (χ0n) is 37.3. The molecule has 2 aliphatic rings. The van der Waals surface area contributed by atoms with Gasteiger partial charge in [-0.1, -0.05) is 107 Å². The number of aromatic amines is 2. The lowest BCUT2D eigenvalue weighted by molar-refractivity contribution is -0.138. The first-order chi connectivity index (χ1) is 30.9. The molecule has 2 fully saturated rings. The average Bonchev–Trinajstić information content (AvgIpc) is 4.15. The summed E-state index contributed by atoms with van der Waals surface area (Å²) in [5.74, 6) is 3.38. The lowest BCUT2D eigenvalue weighted by Gasteiger charge is -2.29. The quantitative estimate of drug-likeness (QED) is 0.0643. The molecule has 334 valence electrons. The number of methoxy groups -OCH3 is 2. The second kappa shape index (κ2) is 20.2. The van der Waals surface area contributed by atoms with E-state index in [-0.39, 0.29) is 66.4 Å². The maximum absolute atomic E-state index is 14.3. The predicted molar refractivity (Wildman–Crippen MR) is 244 cm³/mol. The number of terminal acetylenes is 1. The molecule has 2 saturated carbocycles. The van der Waals surface area contributed by atoms with Gasteiger partial charge in [0.2, 0.25) is 17.7 Å². The Bertz CT molecular complexity index is 2440. The molecule has 3 aromatic carbocycles. The minimum atomic E-state index is -0.814. The van der Waals surface area contributed by atoms with Crippen LogP contribution in [0.3, 0.4) is 0 Å². The lowest BCUT2D eigenvalue weighted by atomic mass is 10.0. The number of carbonyl (C=O) groups is 4. The molecule has 0 aliphatic heterocycles. The fourth-order valence-corrected chi connectivity index (χ4v) is 8.25. The molecular weight excluding hydrogens is 809 g/mol. The molecule has 0 bridgehead atoms. The number of hydrogen-bond donors (Lipinski definition) is 4. The van der Waals surface area contributed by atoms with Gasteiger partial charge in [-0.15, -0.1) is 12.3 Å². The molecule has 4 amide bonds. The molecule has 6 atom stereocenters. The fraction of sp³-hybridized carbons (Fsp3) is 0.400. The summed E-state index contributed by atoms with van der Waals surface area (Å²) < 4.78 is 10.2. The molecule has 64 heavy (non-hydrogen) atoms. The van der Waals surface area contributed by atoms with Gasteiger partial charge in [-0.3, -0.25) is 14.4 Å². The Hall–Kier alpha value is -6.72. The van der Waals surface area contributed by atoms with E-state index in [2.05, 4.69) is 60.8 Å². The third-order valence-electron chi connectivity index (χ3n) is 12.1. The first-order valence-electron chi connectivity index (χ1n) is 21.9. The Morgan fingerprint density at radius 1 is 0.797 bits per heavy atom. The van der Waals surface area contributed by atoms with Gasteiger partial charge in [0.15, 0.2) is 0 Å². The van der Waals surface area contributed by atoms with E-state index in [0.29, 0.717) is 24.8 Å². The summed E-state index contributed by atoms with van der Waals surface area (Å²) in [6, 6.07) is 24.0. The summed E-state index contributed by atoms with van der Waals surface area (Å²) in [4.78, 5) is 72.9. The van der Waals surface area contributed by atoms with Gasteiger partial charge in [0.05, 0.1) is 56.6 Å². The maximum atomic E-state index is 14.3. The number of imidazole rings is 2. The monoisotopic (exact) mass is 866 g/mol. The maximum Gasteiger partial charge on any atom is 0.407 e. The van der Waals surface area contributed by atoms with Gasteiger partial charge in [0, 0.05) is 25.5 Å². The number of alkyl carbamates (subject to hydrolysis) is 1. The third-order valence-corrected chi connectivity index (χ3v) is 12.1. The summed E-state index contributed by atoms with van der Waals surface area (Å²) in [6.07, 6.45) is 10.4. The van der Waals surface area contributed by atoms with Crippen molar-refractivity contribution in [2.45, 2.75) is 71.8 Å². The summed E-state index contributed by atoms with van der Waals surface area (Å²) in [7, 11) is 2.92. The number of nitrogens with one attached hydrogen (secondary N) is 4. The van der Waals surface area contributed by atoms with Crippen LogP contribution in [0.15, 0.2) is 91.3 Å². The Balaban J connectivity index is 1.02. The molecule has 14 nitrogen and oxygen atoms in total. The highest BCUT2D eigenvalue weighted by atomic mass is 16.5. The van der Waals surface area contributed by atoms with Crippen LogP contribution in [0.1, 0.15) is 63.8 Å². The van der Waals surface area contributed by atoms with Gasteiger partial charge >= 0.3 is 6.09 Å². The summed E-state index contributed by atoms with van der Waals surface area (Å²) in [5, 5.41) is 5.73. The second-order valence-electron chi connectivity index (χ2n) is 17.4. The number of rotatable bonds is 19. The van der Waals surface area contributed by atoms with Crippen molar-refractivity contribution in [3.8, 4) is 46.0 Å². The van der Waals surface area contributed by atoms with Gasteiger partial charge in [-0.2, -0.15) is 0 Å². The van der Waals surface area contributed by atoms with Crippen LogP contribution in [-0.4, -0.2) is 93.0 Å². The number of H-pyrrole nitrogens is 2. The molecule has 0 spiro atoms. The molecule has 5 aromatic rings. The number of nitrogens with zero attached hydrogens (tertiary/aromatic N) is 4. The smallest absolute Gasteiger partial charge is 0.407 e. The van der Waals surface area contributed by atoms with Crippen LogP contribution in [0.25, 0.3) is 33.6 Å². The number of hydrogen-bond acceptors (Lipinski definition) is 8. The third kappa shape index (κ3) is 10.7. The summed E-state index contributed by atoms with van der Waals surface area (Å²) in [5.41, 5.74) is 6.28. The van der Waals surface area contributed by atoms with Crippen molar-refractivity contribution in [1.29, 1.82) is 0 Å². The molecule has 6 unspecified atom stereocenters. The highest BCUT2D eigenvalue weighted by Gasteiger charge is 2.52. The van der Waals surface area contributed by atoms with Gasteiger partial charge in [-0.25, -0.2) is 14.8 Å². The standard InChI is InChI=1S/C50H58N8O6/c1-8-39-32(5)46(39)58(49(61)44(30(2)3)56-50(62)64-7)28-43-52-25-41(54-43)36-20-16-34(17-21-36)33-14-18-35(19-15-33)40-24-51-42(53-40)27-57(26-31(4)29-63-6)48(60)45(37-12-10-9-11-13-37)55-47(59)38-22-23-38/h1,9-21,24-25,30-32,38-39,44-46H,22-23,26-29H2,2-7H3,(H,51,53)(H,52,54)(H,55,59)(H,56,62). The molecule has 2 heterocycles. The van der Waals surface area contributed by atoms with E-state index >= 15 is 0 Å². The van der Waals surface area contributed by atoms with Gasteiger partial charge < -0.3 is 39.9 Å². The summed E-state index contributed by atoms with van der Waals surface area (Å²) in [6.45, 7) is 9.14. The van der Waals surface area contributed by atoms with Crippen molar-refractivity contribution in [1.82, 2.24) is 40.4 Å². The topological polar surface area (TPSA) is 175 Å². The predicted octanol–water partition coefficient (Wildman–Crippen LogP) is 6.99. The number of aromatic nitrogens is 4. The number of ether oxygens (including phenoxy) is 2. The Morgan fingerprint density at radius 3 is 1.86 bits per heavy atom. The van der Waals surface area contributed by atoms with E-state index in [0.717, 1.165) is 52.0 Å². The molecule has 2 aromatic heterocycles. The Labute approximate surface area is 374 Å². The Kier molecular flexibility index (Phi) is 14.3. The molecule has 0 radical (unpaired) electrons. The van der Waals surface area contributed by atoms with Crippen molar-refractivity contribution in [2.75, 3.05) is 27.4 Å². The van der Waals surface area contributed by atoms with Crippen LogP contribution in [0, 0.1) is 41.9 Å². The number of benzene rings is 3. The van der Waals surface area contributed by atoms with Crippen molar-refractivity contribution < 1.29 is 28.7 Å². The van der Waals surface area contributed by atoms with E-state index in [1.807, 2.05) is 82.3 Å².